The van der Waals surface area contributed by atoms with Gasteiger partial charge in [0.2, 0.25) is 0 Å². The van der Waals surface area contributed by atoms with Crippen LogP contribution in [-0.2, 0) is 17.7 Å². The molecule has 0 saturated carbocycles. The summed E-state index contributed by atoms with van der Waals surface area (Å²) >= 11 is 0. The molecular formula is C33H44N2O4. The zero-order valence-electron chi connectivity index (χ0n) is 24.1. The number of methoxy groups -OCH3 is 1. The van der Waals surface area contributed by atoms with E-state index in [1.165, 1.54) is 11.1 Å². The lowest BCUT2D eigenvalue weighted by Gasteiger charge is -2.39. The van der Waals surface area contributed by atoms with Gasteiger partial charge < -0.3 is 23.8 Å². The highest BCUT2D eigenvalue weighted by molar-refractivity contribution is 5.61. The molecule has 0 unspecified atom stereocenters. The van der Waals surface area contributed by atoms with E-state index in [-0.39, 0.29) is 6.04 Å². The molecule has 6 heteroatoms. The van der Waals surface area contributed by atoms with Gasteiger partial charge in [-0.1, -0.05) is 36.4 Å². The van der Waals surface area contributed by atoms with Crippen molar-refractivity contribution in [2.45, 2.75) is 58.8 Å². The van der Waals surface area contributed by atoms with Crippen molar-refractivity contribution in [1.29, 1.82) is 0 Å². The number of para-hydroxylation sites is 2. The van der Waals surface area contributed by atoms with Gasteiger partial charge in [-0.15, -0.1) is 0 Å². The number of benzene rings is 3. The molecule has 4 rings (SSSR count). The molecule has 6 nitrogen and oxygen atoms in total. The number of hydrogen-bond donors (Lipinski definition) is 0. The molecule has 0 bridgehead atoms. The summed E-state index contributed by atoms with van der Waals surface area (Å²) in [6.07, 6.45) is 0.894. The smallest absolute Gasteiger partial charge is 0.142 e. The Hall–Kier alpha value is -3.22. The van der Waals surface area contributed by atoms with Gasteiger partial charge in [-0.3, -0.25) is 4.90 Å². The fourth-order valence-electron chi connectivity index (χ4n) is 5.20. The molecule has 0 aromatic heterocycles. The third-order valence-corrected chi connectivity index (χ3v) is 7.27. The first-order chi connectivity index (χ1) is 18.9. The summed E-state index contributed by atoms with van der Waals surface area (Å²) in [5, 5.41) is 0. The maximum atomic E-state index is 6.15. The summed E-state index contributed by atoms with van der Waals surface area (Å²) in [6.45, 7) is 13.1. The Morgan fingerprint density at radius 1 is 0.821 bits per heavy atom. The van der Waals surface area contributed by atoms with Crippen molar-refractivity contribution in [1.82, 2.24) is 4.90 Å². The van der Waals surface area contributed by atoms with E-state index in [9.17, 15) is 0 Å². The molecule has 3 aromatic carbocycles. The van der Waals surface area contributed by atoms with Gasteiger partial charge in [-0.2, -0.15) is 0 Å². The lowest BCUT2D eigenvalue weighted by Crippen LogP contribution is -2.44. The summed E-state index contributed by atoms with van der Waals surface area (Å²) in [5.41, 5.74) is 3.63. The lowest BCUT2D eigenvalue weighted by molar-refractivity contribution is 0.0621. The number of nitrogens with zero attached hydrogens (tertiary/aromatic N) is 2. The number of rotatable bonds is 14. The van der Waals surface area contributed by atoms with Crippen LogP contribution in [0.3, 0.4) is 0 Å². The second kappa shape index (κ2) is 14.2. The Morgan fingerprint density at radius 2 is 1.49 bits per heavy atom. The second-order valence-corrected chi connectivity index (χ2v) is 10.6. The fraction of sp³-hybridized carbons (Fsp3) is 0.455. The van der Waals surface area contributed by atoms with Crippen LogP contribution in [0.1, 0.15) is 38.8 Å². The van der Waals surface area contributed by atoms with Crippen LogP contribution in [0.2, 0.25) is 0 Å². The number of fused-ring (bicyclic) bond motifs is 1. The molecule has 0 N–H and O–H groups in total. The van der Waals surface area contributed by atoms with E-state index in [0.717, 1.165) is 49.1 Å². The van der Waals surface area contributed by atoms with E-state index in [2.05, 4.69) is 86.0 Å². The van der Waals surface area contributed by atoms with Gasteiger partial charge in [0.25, 0.3) is 0 Å². The lowest BCUT2D eigenvalue weighted by atomic mass is 10.0. The van der Waals surface area contributed by atoms with Crippen molar-refractivity contribution >= 4 is 5.69 Å². The number of ether oxygens (including phenoxy) is 4. The van der Waals surface area contributed by atoms with E-state index in [4.69, 9.17) is 18.9 Å². The van der Waals surface area contributed by atoms with E-state index in [1.807, 2.05) is 24.3 Å². The Balaban J connectivity index is 1.31. The SMILES string of the molecule is COc1ccc(C[C@H]2COc3ccccc3N2Cc2ccc(OCCOCCN(C(C)C)C(C)C)cc2)cc1. The van der Waals surface area contributed by atoms with Crippen molar-refractivity contribution < 1.29 is 18.9 Å². The highest BCUT2D eigenvalue weighted by Crippen LogP contribution is 2.36. The monoisotopic (exact) mass is 532 g/mol. The minimum atomic E-state index is 0.226. The average molecular weight is 533 g/mol. The first-order valence-electron chi connectivity index (χ1n) is 14.1. The summed E-state index contributed by atoms with van der Waals surface area (Å²) in [5.74, 6) is 2.68. The summed E-state index contributed by atoms with van der Waals surface area (Å²) < 4.78 is 23.2. The van der Waals surface area contributed by atoms with E-state index in [0.29, 0.717) is 31.9 Å². The predicted molar refractivity (Wildman–Crippen MR) is 158 cm³/mol. The molecule has 0 spiro atoms. The first-order valence-corrected chi connectivity index (χ1v) is 14.1. The molecule has 0 radical (unpaired) electrons. The van der Waals surface area contributed by atoms with Crippen LogP contribution in [0.5, 0.6) is 17.2 Å². The maximum absolute atomic E-state index is 6.15. The van der Waals surface area contributed by atoms with Gasteiger partial charge in [0.15, 0.2) is 0 Å². The van der Waals surface area contributed by atoms with Crippen LogP contribution >= 0.6 is 0 Å². The molecule has 39 heavy (non-hydrogen) atoms. The van der Waals surface area contributed by atoms with Crippen molar-refractivity contribution in [3.63, 3.8) is 0 Å². The van der Waals surface area contributed by atoms with Crippen LogP contribution in [-0.4, -0.2) is 63.1 Å². The zero-order chi connectivity index (χ0) is 27.6. The van der Waals surface area contributed by atoms with Crippen molar-refractivity contribution in [3.05, 3.63) is 83.9 Å². The van der Waals surface area contributed by atoms with Gasteiger partial charge in [0, 0.05) is 25.2 Å². The predicted octanol–water partition coefficient (Wildman–Crippen LogP) is 6.22. The largest absolute Gasteiger partial charge is 0.497 e. The fourth-order valence-corrected chi connectivity index (χ4v) is 5.20. The molecule has 1 aliphatic heterocycles. The summed E-state index contributed by atoms with van der Waals surface area (Å²) in [6, 6.07) is 26.3. The Morgan fingerprint density at radius 3 is 2.18 bits per heavy atom. The Labute approximate surface area is 234 Å². The molecule has 210 valence electrons. The molecule has 0 aliphatic carbocycles. The van der Waals surface area contributed by atoms with E-state index >= 15 is 0 Å². The number of anilines is 1. The minimum Gasteiger partial charge on any atom is -0.497 e. The summed E-state index contributed by atoms with van der Waals surface area (Å²) in [4.78, 5) is 4.90. The van der Waals surface area contributed by atoms with Gasteiger partial charge in [-0.05, 0) is 81.6 Å². The third-order valence-electron chi connectivity index (χ3n) is 7.27. The second-order valence-electron chi connectivity index (χ2n) is 10.6. The van der Waals surface area contributed by atoms with Gasteiger partial charge in [-0.25, -0.2) is 0 Å². The summed E-state index contributed by atoms with van der Waals surface area (Å²) in [7, 11) is 1.70. The first kappa shape index (κ1) is 28.8. The molecule has 0 saturated heterocycles. The van der Waals surface area contributed by atoms with E-state index < -0.39 is 0 Å². The number of hydrogen-bond acceptors (Lipinski definition) is 6. The van der Waals surface area contributed by atoms with Crippen LogP contribution in [0, 0.1) is 0 Å². The molecule has 0 amide bonds. The van der Waals surface area contributed by atoms with Crippen LogP contribution in [0.25, 0.3) is 0 Å². The van der Waals surface area contributed by atoms with Gasteiger partial charge in [0.05, 0.1) is 32.1 Å². The van der Waals surface area contributed by atoms with Crippen molar-refractivity contribution in [2.24, 2.45) is 0 Å². The van der Waals surface area contributed by atoms with Crippen LogP contribution in [0.15, 0.2) is 72.8 Å². The standard InChI is InChI=1S/C33H44N2O4/c1-25(2)34(26(3)4)18-19-37-20-21-38-31-16-12-28(13-17-31)23-35-29(22-27-10-14-30(36-5)15-11-27)24-39-33-9-7-6-8-32(33)35/h6-17,25-26,29H,18-24H2,1-5H3/t29-/m0/s1. The highest BCUT2D eigenvalue weighted by Gasteiger charge is 2.27. The third kappa shape index (κ3) is 8.13. The van der Waals surface area contributed by atoms with Crippen molar-refractivity contribution in [3.8, 4) is 17.2 Å². The van der Waals surface area contributed by atoms with E-state index in [1.54, 1.807) is 7.11 Å². The zero-order valence-corrected chi connectivity index (χ0v) is 24.1. The normalized spacial score (nSPS) is 15.0. The van der Waals surface area contributed by atoms with Crippen molar-refractivity contribution in [2.75, 3.05) is 45.0 Å². The average Bonchev–Trinajstić information content (AvgIpc) is 2.94. The van der Waals surface area contributed by atoms with Crippen LogP contribution < -0.4 is 19.1 Å². The van der Waals surface area contributed by atoms with Crippen LogP contribution in [0.4, 0.5) is 5.69 Å². The Kier molecular flexibility index (Phi) is 10.5. The van der Waals surface area contributed by atoms with Gasteiger partial charge >= 0.3 is 0 Å². The Bertz CT molecular complexity index is 1120. The minimum absolute atomic E-state index is 0.226. The molecule has 3 aromatic rings. The topological polar surface area (TPSA) is 43.4 Å². The molecule has 1 aliphatic rings. The maximum Gasteiger partial charge on any atom is 0.142 e. The highest BCUT2D eigenvalue weighted by atomic mass is 16.5. The molecular weight excluding hydrogens is 488 g/mol. The van der Waals surface area contributed by atoms with Gasteiger partial charge in [0.1, 0.15) is 30.5 Å². The molecule has 1 heterocycles. The molecule has 0 fully saturated rings. The molecule has 1 atom stereocenters. The quantitative estimate of drug-likeness (QED) is 0.230.